The zero-order valence-corrected chi connectivity index (χ0v) is 14.5. The molecule has 2 aromatic rings. The van der Waals surface area contributed by atoms with E-state index in [0.29, 0.717) is 25.2 Å². The second-order valence-corrected chi connectivity index (χ2v) is 7.07. The van der Waals surface area contributed by atoms with Crippen LogP contribution < -0.4 is 15.5 Å². The van der Waals surface area contributed by atoms with E-state index in [0.717, 1.165) is 23.3 Å². The lowest BCUT2D eigenvalue weighted by atomic mass is 9.75. The molecule has 1 aromatic heterocycles. The first-order valence-electron chi connectivity index (χ1n) is 8.86. The van der Waals surface area contributed by atoms with Crippen LogP contribution in [0.4, 0.5) is 0 Å². The van der Waals surface area contributed by atoms with Crippen molar-refractivity contribution in [1.29, 1.82) is 0 Å². The number of rotatable bonds is 4. The molecule has 1 fully saturated rings. The van der Waals surface area contributed by atoms with Gasteiger partial charge in [-0.2, -0.15) is 0 Å². The number of amides is 1. The van der Waals surface area contributed by atoms with Crippen molar-refractivity contribution in [2.45, 2.75) is 38.3 Å². The number of carbonyl (C=O) groups excluding carboxylic acids is 1. The molecule has 1 aliphatic carbocycles. The van der Waals surface area contributed by atoms with Gasteiger partial charge >= 0.3 is 0 Å². The number of aryl methyl sites for hydroxylation is 1. The van der Waals surface area contributed by atoms with Crippen molar-refractivity contribution in [3.05, 3.63) is 63.2 Å². The lowest BCUT2D eigenvalue weighted by Crippen LogP contribution is -2.41. The zero-order chi connectivity index (χ0) is 18.3. The largest absolute Gasteiger partial charge is 0.493 e. The monoisotopic (exact) mass is 355 g/mol. The van der Waals surface area contributed by atoms with Gasteiger partial charge in [0.1, 0.15) is 11.5 Å². The first kappa shape index (κ1) is 16.8. The molecule has 1 atom stereocenters. The van der Waals surface area contributed by atoms with E-state index in [9.17, 15) is 14.7 Å². The Kier molecular flexibility index (Phi) is 4.28. The summed E-state index contributed by atoms with van der Waals surface area (Å²) in [5.74, 6) is 1.01. The molecule has 1 aliphatic heterocycles. The van der Waals surface area contributed by atoms with Crippen LogP contribution in [0.3, 0.4) is 0 Å². The SMILES string of the molecule is Cc1cc(=O)cc(C(=O)N[C@H](c2ccc3c(c2)CCO3)C2CC(O)C2)o1. The van der Waals surface area contributed by atoms with E-state index in [1.165, 1.54) is 12.1 Å². The fraction of sp³-hybridized carbons (Fsp3) is 0.400. The number of hydrogen-bond donors (Lipinski definition) is 2. The van der Waals surface area contributed by atoms with Gasteiger partial charge in [0.05, 0.1) is 18.8 Å². The summed E-state index contributed by atoms with van der Waals surface area (Å²) in [6.45, 7) is 2.31. The number of hydrogen-bond acceptors (Lipinski definition) is 5. The summed E-state index contributed by atoms with van der Waals surface area (Å²) in [5.41, 5.74) is 1.85. The zero-order valence-electron chi connectivity index (χ0n) is 14.5. The summed E-state index contributed by atoms with van der Waals surface area (Å²) in [5, 5.41) is 12.7. The molecule has 6 nitrogen and oxygen atoms in total. The summed E-state index contributed by atoms with van der Waals surface area (Å²) in [4.78, 5) is 24.3. The lowest BCUT2D eigenvalue weighted by molar-refractivity contribution is 0.0232. The standard InChI is InChI=1S/C20H21NO5/c1-11-6-15(22)10-18(26-11)20(24)21-19(14-8-16(23)9-14)13-2-3-17-12(7-13)4-5-25-17/h2-3,6-7,10,14,16,19,23H,4-5,8-9H2,1H3,(H,21,24)/t14?,16?,19-/m1/s1. The molecule has 2 aliphatic rings. The Morgan fingerprint density at radius 1 is 1.27 bits per heavy atom. The summed E-state index contributed by atoms with van der Waals surface area (Å²) in [6, 6.07) is 8.24. The van der Waals surface area contributed by atoms with Gasteiger partial charge < -0.3 is 19.6 Å². The molecule has 2 heterocycles. The average molecular weight is 355 g/mol. The number of aliphatic hydroxyl groups excluding tert-OH is 1. The van der Waals surface area contributed by atoms with Crippen molar-refractivity contribution in [2.24, 2.45) is 5.92 Å². The van der Waals surface area contributed by atoms with Crippen molar-refractivity contribution in [1.82, 2.24) is 5.32 Å². The predicted octanol–water partition coefficient (Wildman–Crippen LogP) is 2.13. The number of benzene rings is 1. The van der Waals surface area contributed by atoms with Gasteiger partial charge in [-0.3, -0.25) is 9.59 Å². The number of nitrogens with one attached hydrogen (secondary N) is 1. The second kappa shape index (κ2) is 6.61. The van der Waals surface area contributed by atoms with Crippen LogP contribution in [0.15, 0.2) is 39.5 Å². The van der Waals surface area contributed by atoms with E-state index in [4.69, 9.17) is 9.15 Å². The van der Waals surface area contributed by atoms with E-state index >= 15 is 0 Å². The second-order valence-electron chi connectivity index (χ2n) is 7.07. The number of aliphatic hydroxyl groups is 1. The molecule has 1 amide bonds. The molecule has 1 aromatic carbocycles. The molecule has 4 rings (SSSR count). The molecule has 26 heavy (non-hydrogen) atoms. The van der Waals surface area contributed by atoms with Gasteiger partial charge in [0.25, 0.3) is 5.91 Å². The van der Waals surface area contributed by atoms with Crippen LogP contribution in [-0.4, -0.2) is 23.7 Å². The third-order valence-corrected chi connectivity index (χ3v) is 5.09. The van der Waals surface area contributed by atoms with E-state index in [-0.39, 0.29) is 29.3 Å². The highest BCUT2D eigenvalue weighted by Gasteiger charge is 2.36. The Labute approximate surface area is 150 Å². The van der Waals surface area contributed by atoms with Crippen LogP contribution in [0.25, 0.3) is 0 Å². The van der Waals surface area contributed by atoms with Crippen LogP contribution in [0, 0.1) is 12.8 Å². The van der Waals surface area contributed by atoms with Crippen LogP contribution in [-0.2, 0) is 6.42 Å². The van der Waals surface area contributed by atoms with Crippen molar-refractivity contribution >= 4 is 5.91 Å². The molecule has 6 heteroatoms. The number of ether oxygens (including phenoxy) is 1. The number of fused-ring (bicyclic) bond motifs is 1. The minimum absolute atomic E-state index is 0.00404. The normalized spacial score (nSPS) is 22.1. The van der Waals surface area contributed by atoms with E-state index in [1.54, 1.807) is 6.92 Å². The summed E-state index contributed by atoms with van der Waals surface area (Å²) < 4.78 is 11.0. The minimum Gasteiger partial charge on any atom is -0.493 e. The quantitative estimate of drug-likeness (QED) is 0.877. The maximum atomic E-state index is 12.7. The highest BCUT2D eigenvalue weighted by molar-refractivity contribution is 5.91. The van der Waals surface area contributed by atoms with Gasteiger partial charge in [-0.15, -0.1) is 0 Å². The maximum absolute atomic E-state index is 12.7. The van der Waals surface area contributed by atoms with Crippen molar-refractivity contribution in [3.63, 3.8) is 0 Å². The Balaban J connectivity index is 1.61. The van der Waals surface area contributed by atoms with Gasteiger partial charge in [-0.25, -0.2) is 0 Å². The van der Waals surface area contributed by atoms with Crippen LogP contribution in [0.5, 0.6) is 5.75 Å². The van der Waals surface area contributed by atoms with Gasteiger partial charge in [-0.05, 0) is 48.9 Å². The molecule has 2 N–H and O–H groups in total. The molecule has 0 saturated heterocycles. The van der Waals surface area contributed by atoms with Crippen LogP contribution in [0.2, 0.25) is 0 Å². The van der Waals surface area contributed by atoms with E-state index in [2.05, 4.69) is 11.4 Å². The Bertz CT molecular complexity index is 897. The first-order chi connectivity index (χ1) is 12.5. The predicted molar refractivity (Wildman–Crippen MR) is 94.3 cm³/mol. The molecular weight excluding hydrogens is 334 g/mol. The average Bonchev–Trinajstić information content (AvgIpc) is 3.03. The van der Waals surface area contributed by atoms with Crippen molar-refractivity contribution < 1.29 is 19.1 Å². The van der Waals surface area contributed by atoms with Gasteiger partial charge in [0, 0.05) is 18.6 Å². The molecule has 0 spiro atoms. The minimum atomic E-state index is -0.422. The van der Waals surface area contributed by atoms with Crippen molar-refractivity contribution in [3.8, 4) is 5.75 Å². The smallest absolute Gasteiger partial charge is 0.287 e. The van der Waals surface area contributed by atoms with Gasteiger partial charge in [-0.1, -0.05) is 6.07 Å². The fourth-order valence-electron chi connectivity index (χ4n) is 3.70. The van der Waals surface area contributed by atoms with Crippen LogP contribution >= 0.6 is 0 Å². The van der Waals surface area contributed by atoms with Gasteiger partial charge in [0.2, 0.25) is 0 Å². The molecule has 136 valence electrons. The highest BCUT2D eigenvalue weighted by atomic mass is 16.5. The van der Waals surface area contributed by atoms with Gasteiger partial charge in [0.15, 0.2) is 11.2 Å². The molecule has 0 unspecified atom stereocenters. The lowest BCUT2D eigenvalue weighted by Gasteiger charge is -2.38. The molecular formula is C20H21NO5. The summed E-state index contributed by atoms with van der Waals surface area (Å²) in [7, 11) is 0. The Morgan fingerprint density at radius 2 is 2.08 bits per heavy atom. The first-order valence-corrected chi connectivity index (χ1v) is 8.86. The highest BCUT2D eigenvalue weighted by Crippen LogP contribution is 2.39. The van der Waals surface area contributed by atoms with E-state index < -0.39 is 5.91 Å². The Morgan fingerprint density at radius 3 is 2.81 bits per heavy atom. The summed E-state index contributed by atoms with van der Waals surface area (Å²) in [6.07, 6.45) is 1.80. The molecule has 1 saturated carbocycles. The van der Waals surface area contributed by atoms with Crippen LogP contribution in [0.1, 0.15) is 46.3 Å². The third-order valence-electron chi connectivity index (χ3n) is 5.09. The molecule has 0 bridgehead atoms. The summed E-state index contributed by atoms with van der Waals surface area (Å²) >= 11 is 0. The topological polar surface area (TPSA) is 88.8 Å². The Hall–Kier alpha value is -2.60. The third kappa shape index (κ3) is 3.24. The maximum Gasteiger partial charge on any atom is 0.287 e. The van der Waals surface area contributed by atoms with E-state index in [1.807, 2.05) is 12.1 Å². The van der Waals surface area contributed by atoms with Crippen molar-refractivity contribution in [2.75, 3.05) is 6.61 Å². The fourth-order valence-corrected chi connectivity index (χ4v) is 3.70. The molecule has 0 radical (unpaired) electrons. The number of carbonyl (C=O) groups is 1.